The molecule has 2 aliphatic rings. The van der Waals surface area contributed by atoms with Crippen molar-refractivity contribution in [1.29, 1.82) is 0 Å². The van der Waals surface area contributed by atoms with Crippen LogP contribution in [0.4, 0.5) is 0 Å². The molecule has 0 saturated carbocycles. The van der Waals surface area contributed by atoms with E-state index < -0.39 is 0 Å². The van der Waals surface area contributed by atoms with E-state index in [1.807, 2.05) is 24.3 Å². The Kier molecular flexibility index (Phi) is 7.97. The number of nitrogens with one attached hydrogen (secondary N) is 1. The summed E-state index contributed by atoms with van der Waals surface area (Å²) < 4.78 is 12.1. The number of furan rings is 1. The van der Waals surface area contributed by atoms with Gasteiger partial charge in [0.25, 0.3) is 0 Å². The van der Waals surface area contributed by atoms with Gasteiger partial charge in [0, 0.05) is 18.3 Å². The molecule has 5 nitrogen and oxygen atoms in total. The maximum Gasteiger partial charge on any atom is 0.209 e. The van der Waals surface area contributed by atoms with Gasteiger partial charge in [-0.15, -0.1) is 0 Å². The molecule has 0 amide bonds. The fraction of sp³-hybridized carbons (Fsp3) is 0.433. The van der Waals surface area contributed by atoms with Crippen molar-refractivity contribution in [3.8, 4) is 5.75 Å². The highest BCUT2D eigenvalue weighted by atomic mass is 16.5. The Morgan fingerprint density at radius 3 is 2.91 bits per heavy atom. The van der Waals surface area contributed by atoms with Gasteiger partial charge in [0.2, 0.25) is 5.76 Å². The Balaban J connectivity index is 1.50. The number of carbonyl (C=O) groups is 1. The van der Waals surface area contributed by atoms with Crippen LogP contribution in [-0.4, -0.2) is 43.0 Å². The van der Waals surface area contributed by atoms with E-state index in [9.17, 15) is 4.79 Å². The molecule has 1 aromatic carbocycles. The Morgan fingerprint density at radius 2 is 2.11 bits per heavy atom. The summed E-state index contributed by atoms with van der Waals surface area (Å²) in [6.07, 6.45) is 17.2. The zero-order chi connectivity index (χ0) is 24.8. The van der Waals surface area contributed by atoms with Crippen molar-refractivity contribution in [1.82, 2.24) is 10.2 Å². The normalized spacial score (nSPS) is 20.2. The van der Waals surface area contributed by atoms with Gasteiger partial charge in [-0.05, 0) is 58.4 Å². The second-order valence-corrected chi connectivity index (χ2v) is 9.82. The lowest BCUT2D eigenvalue weighted by molar-refractivity contribution is 0.109. The lowest BCUT2D eigenvalue weighted by Crippen LogP contribution is -2.45. The maximum atomic E-state index is 11.7. The van der Waals surface area contributed by atoms with Crippen molar-refractivity contribution >= 4 is 17.3 Å². The number of nitrogens with zero attached hydrogens (tertiary/aromatic N) is 1. The number of allylic oxidation sites excluding steroid dienone is 5. The highest BCUT2D eigenvalue weighted by Gasteiger charge is 2.49. The van der Waals surface area contributed by atoms with Crippen LogP contribution in [0.2, 0.25) is 0 Å². The van der Waals surface area contributed by atoms with E-state index in [0.29, 0.717) is 24.0 Å². The molecule has 186 valence electrons. The first-order valence-corrected chi connectivity index (χ1v) is 12.8. The molecule has 35 heavy (non-hydrogen) atoms. The average Bonchev–Trinajstić information content (AvgIpc) is 3.50. The van der Waals surface area contributed by atoms with Gasteiger partial charge >= 0.3 is 0 Å². The molecule has 0 aliphatic heterocycles. The second kappa shape index (κ2) is 11.1. The smallest absolute Gasteiger partial charge is 0.209 e. The number of hydrogen-bond donors (Lipinski definition) is 1. The van der Waals surface area contributed by atoms with Crippen LogP contribution in [0, 0.1) is 0 Å². The number of carbonyl (C=O) groups excluding carboxylic acids is 1. The monoisotopic (exact) mass is 474 g/mol. The Labute approximate surface area is 209 Å². The standard InChI is InChI=1S/C30H38N2O3/c1-5-6-13-23(3)31-28-19-30(28,32(4)18-17-24-14-9-7-8-12-22(24)2)21-34-29-25-15-10-11-16-26(25)35-27(29)20-33/h7-12,15-16,19-20,23,31H,5-6,13-14,17-18,21H2,1-4H3. The lowest BCUT2D eigenvalue weighted by atomic mass is 10.0. The number of likely N-dealkylation sites (N-methyl/N-ethyl adjacent to an activating group) is 1. The first-order chi connectivity index (χ1) is 17.0. The molecule has 4 rings (SSSR count). The molecule has 1 heterocycles. The topological polar surface area (TPSA) is 54.7 Å². The van der Waals surface area contributed by atoms with Crippen LogP contribution in [0.3, 0.4) is 0 Å². The Morgan fingerprint density at radius 1 is 1.29 bits per heavy atom. The molecule has 1 N–H and O–H groups in total. The Bertz CT molecular complexity index is 1170. The third kappa shape index (κ3) is 5.62. The lowest BCUT2D eigenvalue weighted by Gasteiger charge is -2.31. The first kappa shape index (κ1) is 25.1. The van der Waals surface area contributed by atoms with Gasteiger partial charge in [-0.2, -0.15) is 0 Å². The fourth-order valence-electron chi connectivity index (χ4n) is 4.78. The van der Waals surface area contributed by atoms with Crippen molar-refractivity contribution in [3.05, 3.63) is 77.2 Å². The van der Waals surface area contributed by atoms with E-state index in [1.54, 1.807) is 0 Å². The number of hydrogen-bond acceptors (Lipinski definition) is 5. The summed E-state index contributed by atoms with van der Waals surface area (Å²) in [5.41, 5.74) is 4.37. The first-order valence-electron chi connectivity index (χ1n) is 12.8. The molecule has 0 fully saturated rings. The largest absolute Gasteiger partial charge is 0.486 e. The van der Waals surface area contributed by atoms with Crippen LogP contribution in [0.1, 0.15) is 63.4 Å². The van der Waals surface area contributed by atoms with Gasteiger partial charge in [-0.1, -0.05) is 67.3 Å². The van der Waals surface area contributed by atoms with Crippen molar-refractivity contribution in [2.45, 2.75) is 64.5 Å². The molecule has 5 heteroatoms. The zero-order valence-corrected chi connectivity index (χ0v) is 21.5. The number of unbranched alkanes of at least 4 members (excludes halogenated alkanes) is 1. The van der Waals surface area contributed by atoms with Crippen LogP contribution < -0.4 is 10.1 Å². The van der Waals surface area contributed by atoms with Gasteiger partial charge in [0.05, 0.1) is 5.39 Å². The van der Waals surface area contributed by atoms with Gasteiger partial charge in [-0.3, -0.25) is 9.69 Å². The van der Waals surface area contributed by atoms with Crippen LogP contribution in [0.5, 0.6) is 5.75 Å². The molecule has 2 atom stereocenters. The fourth-order valence-corrected chi connectivity index (χ4v) is 4.78. The molecule has 2 aromatic rings. The quantitative estimate of drug-likeness (QED) is 0.332. The summed E-state index contributed by atoms with van der Waals surface area (Å²) >= 11 is 0. The minimum Gasteiger partial charge on any atom is -0.486 e. The predicted octanol–water partition coefficient (Wildman–Crippen LogP) is 6.58. The van der Waals surface area contributed by atoms with Gasteiger partial charge in [0.15, 0.2) is 12.0 Å². The third-order valence-electron chi connectivity index (χ3n) is 7.22. The minimum atomic E-state index is -0.316. The molecule has 0 bridgehead atoms. The summed E-state index contributed by atoms with van der Waals surface area (Å²) in [7, 11) is 2.16. The summed E-state index contributed by atoms with van der Waals surface area (Å²) in [6, 6.07) is 8.03. The average molecular weight is 475 g/mol. The number of ether oxygens (including phenoxy) is 1. The minimum absolute atomic E-state index is 0.244. The van der Waals surface area contributed by atoms with Crippen molar-refractivity contribution in [3.63, 3.8) is 0 Å². The Hall–Kier alpha value is -3.05. The maximum absolute atomic E-state index is 11.7. The van der Waals surface area contributed by atoms with Crippen LogP contribution in [-0.2, 0) is 0 Å². The second-order valence-electron chi connectivity index (χ2n) is 9.82. The number of rotatable bonds is 13. The molecule has 0 spiro atoms. The van der Waals surface area contributed by atoms with E-state index in [2.05, 4.69) is 68.4 Å². The van der Waals surface area contributed by atoms with Crippen molar-refractivity contribution in [2.24, 2.45) is 0 Å². The highest BCUT2D eigenvalue weighted by molar-refractivity contribution is 5.92. The van der Waals surface area contributed by atoms with Gasteiger partial charge < -0.3 is 14.5 Å². The van der Waals surface area contributed by atoms with Crippen molar-refractivity contribution < 1.29 is 13.9 Å². The van der Waals surface area contributed by atoms with Crippen LogP contribution in [0.15, 0.2) is 75.9 Å². The molecule has 2 unspecified atom stereocenters. The molecular formula is C30H38N2O3. The highest BCUT2D eigenvalue weighted by Crippen LogP contribution is 2.41. The molecule has 0 radical (unpaired) electrons. The van der Waals surface area contributed by atoms with E-state index >= 15 is 0 Å². The number of para-hydroxylation sites is 1. The molecular weight excluding hydrogens is 436 g/mol. The number of fused-ring (bicyclic) bond motifs is 1. The zero-order valence-electron chi connectivity index (χ0n) is 21.5. The third-order valence-corrected chi connectivity index (χ3v) is 7.22. The van der Waals surface area contributed by atoms with E-state index in [-0.39, 0.29) is 11.3 Å². The van der Waals surface area contributed by atoms with Crippen LogP contribution in [0.25, 0.3) is 11.0 Å². The van der Waals surface area contributed by atoms with E-state index in [4.69, 9.17) is 9.15 Å². The molecule has 2 aliphatic carbocycles. The number of benzene rings is 1. The van der Waals surface area contributed by atoms with Gasteiger partial charge in [0.1, 0.15) is 17.7 Å². The predicted molar refractivity (Wildman–Crippen MR) is 143 cm³/mol. The molecule has 1 aromatic heterocycles. The van der Waals surface area contributed by atoms with E-state index in [0.717, 1.165) is 37.5 Å². The van der Waals surface area contributed by atoms with Crippen LogP contribution >= 0.6 is 0 Å². The SMILES string of the molecule is CCCCC(C)NC1=CC1(COc1c(C=O)oc2ccccc12)N(C)CCC1=C(C)C=CC=CC1. The molecule has 0 saturated heterocycles. The summed E-state index contributed by atoms with van der Waals surface area (Å²) in [5.74, 6) is 0.771. The summed E-state index contributed by atoms with van der Waals surface area (Å²) in [6.45, 7) is 8.00. The summed E-state index contributed by atoms with van der Waals surface area (Å²) in [4.78, 5) is 14.1. The van der Waals surface area contributed by atoms with Gasteiger partial charge in [-0.25, -0.2) is 0 Å². The summed E-state index contributed by atoms with van der Waals surface area (Å²) in [5, 5.41) is 4.56. The van der Waals surface area contributed by atoms with Crippen molar-refractivity contribution in [2.75, 3.05) is 20.2 Å². The van der Waals surface area contributed by atoms with E-state index in [1.165, 1.54) is 29.7 Å². The number of aldehydes is 1.